The molecule has 60 valence electrons. The van der Waals surface area contributed by atoms with Gasteiger partial charge in [-0.2, -0.15) is 0 Å². The molecule has 0 aliphatic rings. The second-order valence-corrected chi connectivity index (χ2v) is 2.35. The van der Waals surface area contributed by atoms with Gasteiger partial charge in [-0.05, 0) is 12.2 Å². The fourth-order valence-corrected chi connectivity index (χ4v) is 0.914. The number of hydrogen-bond donors (Lipinski definition) is 1. The summed E-state index contributed by atoms with van der Waals surface area (Å²) in [7, 11) is 1.51. The Morgan fingerprint density at radius 1 is 1.82 bits per heavy atom. The maximum atomic E-state index is 11.0. The fraction of sp³-hybridized carbons (Fsp3) is 0.333. The fourth-order valence-electron chi connectivity index (χ4n) is 0.704. The van der Waals surface area contributed by atoms with E-state index in [9.17, 15) is 4.79 Å². The van der Waals surface area contributed by atoms with Gasteiger partial charge in [-0.25, -0.2) is 0 Å². The third-order valence-corrected chi connectivity index (χ3v) is 1.54. The van der Waals surface area contributed by atoms with Crippen LogP contribution < -0.4 is 5.56 Å². The average Bonchev–Trinajstić information content (AvgIpc) is 1.97. The van der Waals surface area contributed by atoms with E-state index in [1.165, 1.54) is 23.9 Å². The molecule has 0 amide bonds. The summed E-state index contributed by atoms with van der Waals surface area (Å²) >= 11 is 4.83. The standard InChI is InChI=1S/C6H8N2O2S/c1-10-4-8-5(9)2-3-7-6(8)11/h2-3H,4H2,1H3,(H,7,11). The lowest BCUT2D eigenvalue weighted by Crippen LogP contribution is -2.21. The summed E-state index contributed by atoms with van der Waals surface area (Å²) in [5.41, 5.74) is -0.157. The zero-order chi connectivity index (χ0) is 8.27. The van der Waals surface area contributed by atoms with Gasteiger partial charge in [0.2, 0.25) is 0 Å². The molecule has 0 bridgehead atoms. The molecule has 0 radical (unpaired) electrons. The van der Waals surface area contributed by atoms with Crippen molar-refractivity contribution in [1.29, 1.82) is 0 Å². The topological polar surface area (TPSA) is 47.0 Å². The van der Waals surface area contributed by atoms with Gasteiger partial charge >= 0.3 is 0 Å². The summed E-state index contributed by atoms with van der Waals surface area (Å²) in [5.74, 6) is 0. The molecule has 0 saturated heterocycles. The molecule has 0 saturated carbocycles. The first-order chi connectivity index (χ1) is 5.25. The van der Waals surface area contributed by atoms with Crippen molar-refractivity contribution < 1.29 is 4.74 Å². The second-order valence-electron chi connectivity index (χ2n) is 1.97. The molecule has 11 heavy (non-hydrogen) atoms. The molecule has 0 fully saturated rings. The van der Waals surface area contributed by atoms with Crippen molar-refractivity contribution in [2.24, 2.45) is 0 Å². The number of methoxy groups -OCH3 is 1. The van der Waals surface area contributed by atoms with Crippen molar-refractivity contribution in [1.82, 2.24) is 9.55 Å². The molecule has 1 aromatic rings. The van der Waals surface area contributed by atoms with Crippen LogP contribution in [0.2, 0.25) is 0 Å². The first-order valence-electron chi connectivity index (χ1n) is 3.03. The molecular formula is C6H8N2O2S. The molecule has 0 spiro atoms. The van der Waals surface area contributed by atoms with Crippen LogP contribution in [0.4, 0.5) is 0 Å². The third-order valence-electron chi connectivity index (χ3n) is 1.20. The van der Waals surface area contributed by atoms with Gasteiger partial charge in [0, 0.05) is 19.4 Å². The van der Waals surface area contributed by atoms with Crippen LogP contribution in [0.25, 0.3) is 0 Å². The average molecular weight is 172 g/mol. The van der Waals surface area contributed by atoms with E-state index >= 15 is 0 Å². The minimum absolute atomic E-state index is 0.157. The number of ether oxygens (including phenoxy) is 1. The van der Waals surface area contributed by atoms with Crippen LogP contribution in [0.3, 0.4) is 0 Å². The molecule has 0 aliphatic carbocycles. The van der Waals surface area contributed by atoms with Crippen LogP contribution in [0.5, 0.6) is 0 Å². The van der Waals surface area contributed by atoms with Gasteiger partial charge in [-0.1, -0.05) is 0 Å². The van der Waals surface area contributed by atoms with Crippen molar-refractivity contribution in [3.8, 4) is 0 Å². The molecule has 1 aromatic heterocycles. The highest BCUT2D eigenvalue weighted by molar-refractivity contribution is 7.71. The molecule has 0 unspecified atom stereocenters. The minimum atomic E-state index is -0.157. The Hall–Kier alpha value is -0.940. The van der Waals surface area contributed by atoms with E-state index in [0.717, 1.165) is 0 Å². The number of aromatic amines is 1. The van der Waals surface area contributed by atoms with Crippen molar-refractivity contribution in [2.75, 3.05) is 7.11 Å². The zero-order valence-electron chi connectivity index (χ0n) is 6.03. The maximum Gasteiger partial charge on any atom is 0.256 e. The molecule has 0 atom stereocenters. The van der Waals surface area contributed by atoms with Gasteiger partial charge in [-0.15, -0.1) is 0 Å². The van der Waals surface area contributed by atoms with E-state index in [1.54, 1.807) is 0 Å². The van der Waals surface area contributed by atoms with Crippen LogP contribution in [0.1, 0.15) is 0 Å². The van der Waals surface area contributed by atoms with Crippen LogP contribution in [0, 0.1) is 4.77 Å². The predicted molar refractivity (Wildman–Crippen MR) is 42.9 cm³/mol. The smallest absolute Gasteiger partial charge is 0.256 e. The Bertz CT molecular complexity index is 313. The number of aromatic nitrogens is 2. The summed E-state index contributed by atoms with van der Waals surface area (Å²) in [6.07, 6.45) is 1.51. The first-order valence-corrected chi connectivity index (χ1v) is 3.44. The summed E-state index contributed by atoms with van der Waals surface area (Å²) < 4.78 is 6.47. The van der Waals surface area contributed by atoms with Crippen molar-refractivity contribution in [3.63, 3.8) is 0 Å². The van der Waals surface area contributed by atoms with Crippen molar-refractivity contribution >= 4 is 12.2 Å². The quantitative estimate of drug-likeness (QED) is 0.661. The van der Waals surface area contributed by atoms with E-state index in [4.69, 9.17) is 17.0 Å². The van der Waals surface area contributed by atoms with Gasteiger partial charge in [0.05, 0.1) is 0 Å². The molecule has 5 heteroatoms. The lowest BCUT2D eigenvalue weighted by atomic mass is 10.6. The molecular weight excluding hydrogens is 164 g/mol. The Balaban J connectivity index is 3.22. The van der Waals surface area contributed by atoms with Gasteiger partial charge in [0.1, 0.15) is 6.73 Å². The van der Waals surface area contributed by atoms with Crippen LogP contribution >= 0.6 is 12.2 Å². The maximum absolute atomic E-state index is 11.0. The number of nitrogens with one attached hydrogen (secondary N) is 1. The summed E-state index contributed by atoms with van der Waals surface area (Å²) in [6.45, 7) is 0.189. The normalized spacial score (nSPS) is 9.91. The molecule has 1 N–H and O–H groups in total. The minimum Gasteiger partial charge on any atom is -0.364 e. The SMILES string of the molecule is COCn1c(=O)cc[nH]c1=S. The van der Waals surface area contributed by atoms with E-state index in [-0.39, 0.29) is 12.3 Å². The Labute approximate surface area is 68.4 Å². The number of nitrogens with zero attached hydrogens (tertiary/aromatic N) is 1. The summed E-state index contributed by atoms with van der Waals surface area (Å²) in [5, 5.41) is 0. The predicted octanol–water partition coefficient (Wildman–Crippen LogP) is 0.510. The van der Waals surface area contributed by atoms with Crippen LogP contribution in [0.15, 0.2) is 17.1 Å². The van der Waals surface area contributed by atoms with Gasteiger partial charge in [0.25, 0.3) is 5.56 Å². The van der Waals surface area contributed by atoms with Crippen molar-refractivity contribution in [3.05, 3.63) is 27.4 Å². The number of rotatable bonds is 2. The first kappa shape index (κ1) is 8.16. The third kappa shape index (κ3) is 1.75. The Morgan fingerprint density at radius 2 is 2.55 bits per heavy atom. The van der Waals surface area contributed by atoms with Gasteiger partial charge < -0.3 is 9.72 Å². The van der Waals surface area contributed by atoms with E-state index in [1.807, 2.05) is 0 Å². The largest absolute Gasteiger partial charge is 0.364 e. The summed E-state index contributed by atoms with van der Waals surface area (Å²) in [4.78, 5) is 13.7. The van der Waals surface area contributed by atoms with Crippen LogP contribution in [-0.2, 0) is 11.5 Å². The Morgan fingerprint density at radius 3 is 3.09 bits per heavy atom. The van der Waals surface area contributed by atoms with Crippen molar-refractivity contribution in [2.45, 2.75) is 6.73 Å². The summed E-state index contributed by atoms with van der Waals surface area (Å²) in [6, 6.07) is 1.40. The van der Waals surface area contributed by atoms with Gasteiger partial charge in [-0.3, -0.25) is 9.36 Å². The molecule has 0 aromatic carbocycles. The van der Waals surface area contributed by atoms with Crippen LogP contribution in [-0.4, -0.2) is 16.7 Å². The highest BCUT2D eigenvalue weighted by Gasteiger charge is 1.93. The zero-order valence-corrected chi connectivity index (χ0v) is 6.85. The monoisotopic (exact) mass is 172 g/mol. The van der Waals surface area contributed by atoms with Gasteiger partial charge in [0.15, 0.2) is 4.77 Å². The lowest BCUT2D eigenvalue weighted by molar-refractivity contribution is 0.126. The molecule has 1 rings (SSSR count). The molecule has 1 heterocycles. The van der Waals surface area contributed by atoms with E-state index in [0.29, 0.717) is 4.77 Å². The highest BCUT2D eigenvalue weighted by atomic mass is 32.1. The second kappa shape index (κ2) is 3.45. The number of hydrogen-bond acceptors (Lipinski definition) is 3. The number of H-pyrrole nitrogens is 1. The molecule has 4 nitrogen and oxygen atoms in total. The van der Waals surface area contributed by atoms with E-state index < -0.39 is 0 Å². The van der Waals surface area contributed by atoms with E-state index in [2.05, 4.69) is 4.98 Å². The highest BCUT2D eigenvalue weighted by Crippen LogP contribution is 1.82. The Kier molecular flexibility index (Phi) is 2.56. The lowest BCUT2D eigenvalue weighted by Gasteiger charge is -2.01. The molecule has 0 aliphatic heterocycles.